The largest absolute Gasteiger partial charge is 1.00 e. The van der Waals surface area contributed by atoms with E-state index in [9.17, 15) is 0 Å². The first-order chi connectivity index (χ1) is 5.04. The van der Waals surface area contributed by atoms with Crippen LogP contribution in [-0.4, -0.2) is 0 Å². The third-order valence-electron chi connectivity index (χ3n) is 2.12. The lowest BCUT2D eigenvalue weighted by Crippen LogP contribution is -3.00. The Morgan fingerprint density at radius 2 is 1.67 bits per heavy atom. The quantitative estimate of drug-likeness (QED) is 0.572. The molecule has 0 aliphatic rings. The first-order valence-electron chi connectivity index (χ1n) is 3.62. The maximum absolute atomic E-state index is 6.05. The van der Waals surface area contributed by atoms with Gasteiger partial charge in [-0.25, -0.2) is 0 Å². The molecule has 1 nitrogen and oxygen atoms in total. The molecule has 0 aliphatic heterocycles. The van der Waals surface area contributed by atoms with E-state index in [0.717, 1.165) is 21.8 Å². The van der Waals surface area contributed by atoms with Crippen LogP contribution in [0.1, 0.15) is 16.7 Å². The van der Waals surface area contributed by atoms with E-state index in [-0.39, 0.29) is 12.4 Å². The van der Waals surface area contributed by atoms with Crippen molar-refractivity contribution >= 4 is 17.3 Å². The maximum Gasteiger partial charge on any atom is 0.132 e. The zero-order chi connectivity index (χ0) is 8.59. The summed E-state index contributed by atoms with van der Waals surface area (Å²) in [6.45, 7) is 6.08. The summed E-state index contributed by atoms with van der Waals surface area (Å²) in [5.41, 5.74) is 8.39. The number of hydrogen-bond donors (Lipinski definition) is 1. The molecule has 0 amide bonds. The zero-order valence-corrected chi connectivity index (χ0v) is 9.05. The maximum atomic E-state index is 6.05. The summed E-state index contributed by atoms with van der Waals surface area (Å²) in [7, 11) is 0. The average molecular weight is 206 g/mol. The lowest BCUT2D eigenvalue weighted by atomic mass is 10.1. The molecule has 0 unspecified atom stereocenters. The molecule has 0 spiro atoms. The molecule has 0 saturated heterocycles. The van der Waals surface area contributed by atoms with Crippen LogP contribution in [0, 0.1) is 20.8 Å². The van der Waals surface area contributed by atoms with Gasteiger partial charge in [0.2, 0.25) is 0 Å². The van der Waals surface area contributed by atoms with E-state index < -0.39 is 0 Å². The summed E-state index contributed by atoms with van der Waals surface area (Å²) in [4.78, 5) is 0. The second-order valence-electron chi connectivity index (χ2n) is 2.92. The highest BCUT2D eigenvalue weighted by Gasteiger charge is 2.07. The van der Waals surface area contributed by atoms with Crippen molar-refractivity contribution in [3.05, 3.63) is 27.8 Å². The van der Waals surface area contributed by atoms with Crippen LogP contribution in [0.2, 0.25) is 5.02 Å². The van der Waals surface area contributed by atoms with E-state index in [0.29, 0.717) is 0 Å². The van der Waals surface area contributed by atoms with Crippen molar-refractivity contribution in [2.45, 2.75) is 20.8 Å². The SMILES string of the molecule is Cc1cc([NH3+])c(C)c(Cl)c1C.[Cl-]. The Morgan fingerprint density at radius 3 is 2.17 bits per heavy atom. The molecule has 0 aromatic heterocycles. The van der Waals surface area contributed by atoms with Gasteiger partial charge in [-0.2, -0.15) is 0 Å². The van der Waals surface area contributed by atoms with Crippen LogP contribution in [0.5, 0.6) is 0 Å². The highest BCUT2D eigenvalue weighted by molar-refractivity contribution is 6.32. The molecule has 0 radical (unpaired) electrons. The van der Waals surface area contributed by atoms with Gasteiger partial charge in [-0.3, -0.25) is 0 Å². The predicted molar refractivity (Wildman–Crippen MR) is 48.2 cm³/mol. The zero-order valence-electron chi connectivity index (χ0n) is 7.54. The Kier molecular flexibility index (Phi) is 4.04. The normalized spacial score (nSPS) is 9.42. The van der Waals surface area contributed by atoms with E-state index in [1.807, 2.05) is 13.8 Å². The fourth-order valence-electron chi connectivity index (χ4n) is 1.07. The predicted octanol–water partition coefficient (Wildman–Crippen LogP) is -0.857. The van der Waals surface area contributed by atoms with Gasteiger partial charge in [-0.1, -0.05) is 11.6 Å². The van der Waals surface area contributed by atoms with Crippen molar-refractivity contribution in [2.75, 3.05) is 0 Å². The molecule has 1 aromatic carbocycles. The molecule has 3 heteroatoms. The molecule has 1 aromatic rings. The van der Waals surface area contributed by atoms with Crippen molar-refractivity contribution in [1.82, 2.24) is 0 Å². The number of aryl methyl sites for hydroxylation is 1. The van der Waals surface area contributed by atoms with Gasteiger partial charge in [0, 0.05) is 11.6 Å². The van der Waals surface area contributed by atoms with Crippen LogP contribution in [0.4, 0.5) is 5.69 Å². The Bertz CT molecular complexity index is 269. The first-order valence-corrected chi connectivity index (χ1v) is 4.00. The molecule has 0 aliphatic carbocycles. The molecule has 0 saturated carbocycles. The van der Waals surface area contributed by atoms with Crippen LogP contribution < -0.4 is 18.1 Å². The third kappa shape index (κ3) is 1.92. The molecule has 0 bridgehead atoms. The van der Waals surface area contributed by atoms with Crippen LogP contribution in [0.15, 0.2) is 6.07 Å². The topological polar surface area (TPSA) is 27.6 Å². The van der Waals surface area contributed by atoms with Gasteiger partial charge in [0.15, 0.2) is 0 Å². The molecular formula is C9H13Cl2N. The summed E-state index contributed by atoms with van der Waals surface area (Å²) < 4.78 is 0. The van der Waals surface area contributed by atoms with Crippen LogP contribution >= 0.6 is 11.6 Å². The van der Waals surface area contributed by atoms with Crippen molar-refractivity contribution in [2.24, 2.45) is 0 Å². The Labute approximate surface area is 84.3 Å². The van der Waals surface area contributed by atoms with Gasteiger partial charge in [-0.05, 0) is 31.9 Å². The summed E-state index contributed by atoms with van der Waals surface area (Å²) in [6, 6.07) is 2.07. The summed E-state index contributed by atoms with van der Waals surface area (Å²) in [6.07, 6.45) is 0. The molecule has 0 heterocycles. The first kappa shape index (κ1) is 11.8. The third-order valence-corrected chi connectivity index (χ3v) is 2.69. The van der Waals surface area contributed by atoms with E-state index in [1.54, 1.807) is 0 Å². The van der Waals surface area contributed by atoms with Crippen LogP contribution in [-0.2, 0) is 0 Å². The molecule has 0 atom stereocenters. The number of rotatable bonds is 0. The fourth-order valence-corrected chi connectivity index (χ4v) is 1.34. The van der Waals surface area contributed by atoms with Crippen LogP contribution in [0.3, 0.4) is 0 Å². The Hall–Kier alpha value is -0.240. The average Bonchev–Trinajstić information content (AvgIpc) is 1.97. The number of hydrogen-bond acceptors (Lipinski definition) is 0. The second-order valence-corrected chi connectivity index (χ2v) is 3.29. The van der Waals surface area contributed by atoms with Crippen LogP contribution in [0.25, 0.3) is 0 Å². The molecule has 3 N–H and O–H groups in total. The monoisotopic (exact) mass is 205 g/mol. The van der Waals surface area contributed by atoms with Crippen molar-refractivity contribution < 1.29 is 18.1 Å². The summed E-state index contributed by atoms with van der Waals surface area (Å²) in [5, 5.41) is 0.856. The minimum atomic E-state index is 0. The van der Waals surface area contributed by atoms with Gasteiger partial charge in [0.25, 0.3) is 0 Å². The molecule has 1 rings (SSSR count). The molecule has 0 fully saturated rings. The number of benzene rings is 1. The number of quaternary nitrogens is 1. The van der Waals surface area contributed by atoms with Gasteiger partial charge in [0.05, 0.1) is 5.02 Å². The summed E-state index contributed by atoms with van der Waals surface area (Å²) in [5.74, 6) is 0. The van der Waals surface area contributed by atoms with Gasteiger partial charge in [0.1, 0.15) is 5.69 Å². The van der Waals surface area contributed by atoms with Crippen molar-refractivity contribution in [1.29, 1.82) is 0 Å². The smallest absolute Gasteiger partial charge is 0.132 e. The van der Waals surface area contributed by atoms with Crippen molar-refractivity contribution in [3.63, 3.8) is 0 Å². The number of halogens is 2. The van der Waals surface area contributed by atoms with Gasteiger partial charge in [-0.15, -0.1) is 0 Å². The molecule has 12 heavy (non-hydrogen) atoms. The second kappa shape index (κ2) is 4.13. The summed E-state index contributed by atoms with van der Waals surface area (Å²) >= 11 is 6.05. The standard InChI is InChI=1S/C9H12ClN.ClH/c1-5-4-8(11)7(3)9(10)6(5)2;/h4H,11H2,1-3H3;1H. The lowest BCUT2D eigenvalue weighted by molar-refractivity contribution is -0.255. The Balaban J connectivity index is 0.00000121. The molecule has 68 valence electrons. The highest BCUT2D eigenvalue weighted by Crippen LogP contribution is 2.26. The fraction of sp³-hybridized carbons (Fsp3) is 0.333. The van der Waals surface area contributed by atoms with E-state index >= 15 is 0 Å². The highest BCUT2D eigenvalue weighted by atomic mass is 35.5. The molecular weight excluding hydrogens is 193 g/mol. The lowest BCUT2D eigenvalue weighted by Gasteiger charge is -2.06. The van der Waals surface area contributed by atoms with Crippen molar-refractivity contribution in [3.8, 4) is 0 Å². The Morgan fingerprint density at radius 1 is 1.17 bits per heavy atom. The van der Waals surface area contributed by atoms with Gasteiger partial charge < -0.3 is 18.1 Å². The van der Waals surface area contributed by atoms with E-state index in [4.69, 9.17) is 11.6 Å². The minimum Gasteiger partial charge on any atom is -1.00 e. The van der Waals surface area contributed by atoms with E-state index in [1.165, 1.54) is 5.56 Å². The van der Waals surface area contributed by atoms with E-state index in [2.05, 4.69) is 18.7 Å². The minimum absolute atomic E-state index is 0. The van der Waals surface area contributed by atoms with Gasteiger partial charge >= 0.3 is 0 Å².